The average molecular weight is 237 g/mol. The Morgan fingerprint density at radius 3 is 2.22 bits per heavy atom. The zero-order chi connectivity index (χ0) is 12.4. The van der Waals surface area contributed by atoms with Crippen molar-refractivity contribution in [1.29, 1.82) is 0 Å². The predicted molar refractivity (Wildman–Crippen MR) is 78.1 cm³/mol. The molecule has 18 heavy (non-hydrogen) atoms. The molecule has 2 aromatic carbocycles. The first kappa shape index (κ1) is 11.3. The second kappa shape index (κ2) is 4.85. The molecule has 92 valence electrons. The molecule has 1 heteroatoms. The topological polar surface area (TPSA) is 3.24 Å². The molecule has 0 aromatic heterocycles. The maximum Gasteiger partial charge on any atom is 0.0396 e. The van der Waals surface area contributed by atoms with Gasteiger partial charge in [0.15, 0.2) is 0 Å². The lowest BCUT2D eigenvalue weighted by Crippen LogP contribution is -2.18. The first-order valence-corrected chi connectivity index (χ1v) is 6.75. The zero-order valence-corrected chi connectivity index (χ0v) is 10.9. The van der Waals surface area contributed by atoms with Crippen LogP contribution in [-0.2, 0) is 0 Å². The van der Waals surface area contributed by atoms with Gasteiger partial charge in [0.2, 0.25) is 0 Å². The van der Waals surface area contributed by atoms with Crippen LogP contribution in [0.2, 0.25) is 0 Å². The van der Waals surface area contributed by atoms with Gasteiger partial charge < -0.3 is 4.90 Å². The van der Waals surface area contributed by atoms with Crippen LogP contribution in [0.3, 0.4) is 0 Å². The summed E-state index contributed by atoms with van der Waals surface area (Å²) in [5.41, 5.74) is 5.41. The molecule has 1 heterocycles. The molecule has 0 spiro atoms. The van der Waals surface area contributed by atoms with Crippen molar-refractivity contribution in [3.63, 3.8) is 0 Å². The Hall–Kier alpha value is -1.76. The first-order valence-electron chi connectivity index (χ1n) is 6.75. The van der Waals surface area contributed by atoms with Crippen molar-refractivity contribution in [3.05, 3.63) is 54.1 Å². The third-order valence-corrected chi connectivity index (χ3v) is 3.75. The van der Waals surface area contributed by atoms with Gasteiger partial charge in [-0.15, -0.1) is 0 Å². The van der Waals surface area contributed by atoms with E-state index in [0.717, 1.165) is 0 Å². The molecule has 0 atom stereocenters. The molecule has 1 aliphatic heterocycles. The average Bonchev–Trinajstić information content (AvgIpc) is 2.93. The molecule has 3 rings (SSSR count). The Labute approximate surface area is 109 Å². The van der Waals surface area contributed by atoms with Crippen LogP contribution in [0.15, 0.2) is 48.5 Å². The monoisotopic (exact) mass is 237 g/mol. The van der Waals surface area contributed by atoms with Gasteiger partial charge in [0, 0.05) is 18.8 Å². The van der Waals surface area contributed by atoms with Crippen molar-refractivity contribution < 1.29 is 0 Å². The fraction of sp³-hybridized carbons (Fsp3) is 0.294. The summed E-state index contributed by atoms with van der Waals surface area (Å²) >= 11 is 0. The molecule has 0 bridgehead atoms. The van der Waals surface area contributed by atoms with Crippen molar-refractivity contribution >= 4 is 5.69 Å². The lowest BCUT2D eigenvalue weighted by Gasteiger charge is -2.20. The smallest absolute Gasteiger partial charge is 0.0396 e. The molecule has 0 radical (unpaired) electrons. The van der Waals surface area contributed by atoms with E-state index in [0.29, 0.717) is 0 Å². The molecule has 1 nitrogen and oxygen atoms in total. The van der Waals surface area contributed by atoms with Crippen LogP contribution < -0.4 is 4.90 Å². The van der Waals surface area contributed by atoms with E-state index in [1.165, 1.54) is 48.3 Å². The maximum atomic E-state index is 2.50. The summed E-state index contributed by atoms with van der Waals surface area (Å²) in [6.45, 7) is 4.65. The van der Waals surface area contributed by atoms with Gasteiger partial charge in [0.25, 0.3) is 0 Å². The number of anilines is 1. The summed E-state index contributed by atoms with van der Waals surface area (Å²) in [6.07, 6.45) is 2.67. The first-order chi connectivity index (χ1) is 8.84. The van der Waals surface area contributed by atoms with Gasteiger partial charge in [0.1, 0.15) is 0 Å². The maximum absolute atomic E-state index is 2.50. The van der Waals surface area contributed by atoms with E-state index >= 15 is 0 Å². The fourth-order valence-corrected chi connectivity index (χ4v) is 2.78. The van der Waals surface area contributed by atoms with Crippen molar-refractivity contribution in [2.24, 2.45) is 0 Å². The molecule has 1 fully saturated rings. The Bertz CT molecular complexity index is 525. The fourth-order valence-electron chi connectivity index (χ4n) is 2.78. The van der Waals surface area contributed by atoms with Gasteiger partial charge in [-0.3, -0.25) is 0 Å². The number of hydrogen-bond acceptors (Lipinski definition) is 1. The van der Waals surface area contributed by atoms with Crippen molar-refractivity contribution in [2.75, 3.05) is 18.0 Å². The molecule has 0 aliphatic carbocycles. The Kier molecular flexibility index (Phi) is 3.06. The molecule has 1 saturated heterocycles. The number of hydrogen-bond donors (Lipinski definition) is 0. The van der Waals surface area contributed by atoms with Crippen LogP contribution in [0.5, 0.6) is 0 Å². The lowest BCUT2D eigenvalue weighted by atomic mass is 10.0. The quantitative estimate of drug-likeness (QED) is 0.754. The van der Waals surface area contributed by atoms with E-state index in [4.69, 9.17) is 0 Å². The van der Waals surface area contributed by atoms with E-state index in [1.54, 1.807) is 0 Å². The van der Waals surface area contributed by atoms with Crippen LogP contribution in [0, 0.1) is 6.92 Å². The highest BCUT2D eigenvalue weighted by atomic mass is 15.1. The molecular formula is C17H19N. The molecule has 0 unspecified atom stereocenters. The van der Waals surface area contributed by atoms with Crippen LogP contribution in [0.1, 0.15) is 18.4 Å². The minimum absolute atomic E-state index is 1.21. The SMILES string of the molecule is Cc1cc(-c2ccccc2)ccc1N1CCCC1. The zero-order valence-electron chi connectivity index (χ0n) is 10.9. The molecule has 2 aromatic rings. The molecule has 0 amide bonds. The largest absolute Gasteiger partial charge is 0.371 e. The Morgan fingerprint density at radius 1 is 0.833 bits per heavy atom. The van der Waals surface area contributed by atoms with Crippen LogP contribution in [-0.4, -0.2) is 13.1 Å². The van der Waals surface area contributed by atoms with Crippen molar-refractivity contribution in [3.8, 4) is 11.1 Å². The van der Waals surface area contributed by atoms with Gasteiger partial charge in [-0.25, -0.2) is 0 Å². The van der Waals surface area contributed by atoms with Gasteiger partial charge in [-0.1, -0.05) is 36.4 Å². The Balaban J connectivity index is 1.94. The summed E-state index contributed by atoms with van der Waals surface area (Å²) in [5, 5.41) is 0. The second-order valence-electron chi connectivity index (χ2n) is 5.06. The normalized spacial score (nSPS) is 15.1. The van der Waals surface area contributed by atoms with E-state index in [2.05, 4.69) is 60.4 Å². The number of benzene rings is 2. The number of rotatable bonds is 2. The van der Waals surface area contributed by atoms with Gasteiger partial charge in [-0.2, -0.15) is 0 Å². The summed E-state index contributed by atoms with van der Waals surface area (Å²) in [6, 6.07) is 17.4. The van der Waals surface area contributed by atoms with Gasteiger partial charge in [0.05, 0.1) is 0 Å². The highest BCUT2D eigenvalue weighted by molar-refractivity contribution is 5.69. The second-order valence-corrected chi connectivity index (χ2v) is 5.06. The molecule has 1 aliphatic rings. The van der Waals surface area contributed by atoms with Crippen LogP contribution >= 0.6 is 0 Å². The van der Waals surface area contributed by atoms with E-state index < -0.39 is 0 Å². The summed E-state index contributed by atoms with van der Waals surface area (Å²) in [5.74, 6) is 0. The third-order valence-electron chi connectivity index (χ3n) is 3.75. The van der Waals surface area contributed by atoms with E-state index in [-0.39, 0.29) is 0 Å². The molecule has 0 N–H and O–H groups in total. The minimum atomic E-state index is 1.21. The molecular weight excluding hydrogens is 218 g/mol. The highest BCUT2D eigenvalue weighted by Gasteiger charge is 2.14. The van der Waals surface area contributed by atoms with E-state index in [9.17, 15) is 0 Å². The van der Waals surface area contributed by atoms with Crippen molar-refractivity contribution in [1.82, 2.24) is 0 Å². The standard InChI is InChI=1S/C17H19N/c1-14-13-16(15-7-3-2-4-8-15)9-10-17(14)18-11-5-6-12-18/h2-4,7-10,13H,5-6,11-12H2,1H3. The summed E-state index contributed by atoms with van der Waals surface area (Å²) in [7, 11) is 0. The van der Waals surface area contributed by atoms with Crippen LogP contribution in [0.4, 0.5) is 5.69 Å². The summed E-state index contributed by atoms with van der Waals surface area (Å²) in [4.78, 5) is 2.50. The number of nitrogens with zero attached hydrogens (tertiary/aromatic N) is 1. The van der Waals surface area contributed by atoms with Gasteiger partial charge >= 0.3 is 0 Å². The predicted octanol–water partition coefficient (Wildman–Crippen LogP) is 4.26. The Morgan fingerprint density at radius 2 is 1.56 bits per heavy atom. The summed E-state index contributed by atoms with van der Waals surface area (Å²) < 4.78 is 0. The third kappa shape index (κ3) is 2.13. The lowest BCUT2D eigenvalue weighted by molar-refractivity contribution is 0.949. The van der Waals surface area contributed by atoms with Gasteiger partial charge in [-0.05, 0) is 48.6 Å². The minimum Gasteiger partial charge on any atom is -0.371 e. The van der Waals surface area contributed by atoms with Crippen LogP contribution in [0.25, 0.3) is 11.1 Å². The van der Waals surface area contributed by atoms with E-state index in [1.807, 2.05) is 0 Å². The molecule has 0 saturated carbocycles. The highest BCUT2D eigenvalue weighted by Crippen LogP contribution is 2.28. The van der Waals surface area contributed by atoms with Crippen molar-refractivity contribution in [2.45, 2.75) is 19.8 Å². The number of aryl methyl sites for hydroxylation is 1.